The summed E-state index contributed by atoms with van der Waals surface area (Å²) >= 11 is 15.0. The van der Waals surface area contributed by atoms with Crippen LogP contribution in [0.4, 0.5) is 4.39 Å². The summed E-state index contributed by atoms with van der Waals surface area (Å²) in [6.45, 7) is 0. The fourth-order valence-electron chi connectivity index (χ4n) is 1.66. The van der Waals surface area contributed by atoms with E-state index < -0.39 is 11.9 Å². The van der Waals surface area contributed by atoms with Crippen LogP contribution in [-0.4, -0.2) is 5.11 Å². The van der Waals surface area contributed by atoms with E-state index in [9.17, 15) is 9.50 Å². The molecule has 0 amide bonds. The molecule has 2 rings (SSSR count). The Balaban J connectivity index is 2.55. The second kappa shape index (κ2) is 5.57. The number of aliphatic hydroxyl groups excluding tert-OH is 1. The van der Waals surface area contributed by atoms with Gasteiger partial charge in [0.25, 0.3) is 0 Å². The van der Waals surface area contributed by atoms with Crippen LogP contribution < -0.4 is 0 Å². The smallest absolute Gasteiger partial charge is 0.143 e. The lowest BCUT2D eigenvalue weighted by atomic mass is 10.0. The minimum atomic E-state index is -1.20. The molecule has 1 N–H and O–H groups in total. The summed E-state index contributed by atoms with van der Waals surface area (Å²) in [5.41, 5.74) is 0.428. The molecule has 0 aliphatic heterocycles. The Bertz CT molecular complexity index is 569. The first-order valence-electron chi connectivity index (χ1n) is 5.08. The average molecular weight is 350 g/mol. The van der Waals surface area contributed by atoms with Crippen molar-refractivity contribution in [3.63, 3.8) is 0 Å². The topological polar surface area (TPSA) is 20.2 Å². The van der Waals surface area contributed by atoms with Crippen LogP contribution in [0.5, 0.6) is 0 Å². The highest BCUT2D eigenvalue weighted by Crippen LogP contribution is 2.36. The van der Waals surface area contributed by atoms with Crippen LogP contribution in [0.15, 0.2) is 40.9 Å². The van der Waals surface area contributed by atoms with Crippen molar-refractivity contribution in [3.8, 4) is 0 Å². The van der Waals surface area contributed by atoms with Crippen LogP contribution in [0.3, 0.4) is 0 Å². The van der Waals surface area contributed by atoms with Crippen LogP contribution in [0, 0.1) is 5.82 Å². The molecule has 0 radical (unpaired) electrons. The van der Waals surface area contributed by atoms with E-state index in [1.54, 1.807) is 30.3 Å². The monoisotopic (exact) mass is 348 g/mol. The van der Waals surface area contributed by atoms with Crippen molar-refractivity contribution >= 4 is 39.1 Å². The Labute approximate surface area is 122 Å². The minimum Gasteiger partial charge on any atom is -0.383 e. The van der Waals surface area contributed by atoms with Crippen LogP contribution in [0.25, 0.3) is 0 Å². The van der Waals surface area contributed by atoms with Gasteiger partial charge in [-0.25, -0.2) is 4.39 Å². The Kier molecular flexibility index (Phi) is 4.28. The first-order chi connectivity index (χ1) is 8.52. The van der Waals surface area contributed by atoms with Gasteiger partial charge in [-0.2, -0.15) is 0 Å². The van der Waals surface area contributed by atoms with E-state index in [4.69, 9.17) is 23.2 Å². The molecule has 94 valence electrons. The van der Waals surface area contributed by atoms with Crippen LogP contribution >= 0.6 is 39.1 Å². The number of hydrogen-bond donors (Lipinski definition) is 1. The van der Waals surface area contributed by atoms with E-state index in [2.05, 4.69) is 15.9 Å². The van der Waals surface area contributed by atoms with Gasteiger partial charge in [0.15, 0.2) is 0 Å². The first-order valence-corrected chi connectivity index (χ1v) is 6.63. The molecule has 0 spiro atoms. The van der Waals surface area contributed by atoms with Gasteiger partial charge in [-0.1, -0.05) is 41.4 Å². The fraction of sp³-hybridized carbons (Fsp3) is 0.0769. The van der Waals surface area contributed by atoms with Crippen molar-refractivity contribution < 1.29 is 9.50 Å². The zero-order chi connectivity index (χ0) is 13.3. The summed E-state index contributed by atoms with van der Waals surface area (Å²) in [5, 5.41) is 10.8. The van der Waals surface area contributed by atoms with Crippen molar-refractivity contribution in [2.45, 2.75) is 6.10 Å². The molecule has 0 heterocycles. The zero-order valence-corrected chi connectivity index (χ0v) is 12.1. The lowest BCUT2D eigenvalue weighted by molar-refractivity contribution is 0.215. The summed E-state index contributed by atoms with van der Waals surface area (Å²) in [6.07, 6.45) is -1.20. The standard InChI is InChI=1S/C13H8BrCl2FO/c14-8-4-1-3-7(12(8)17)13(18)11-9(15)5-2-6-10(11)16/h1-6,13,18H. The molecule has 0 aromatic heterocycles. The molecule has 0 aliphatic carbocycles. The molecule has 0 bridgehead atoms. The van der Waals surface area contributed by atoms with E-state index in [1.165, 1.54) is 6.07 Å². The van der Waals surface area contributed by atoms with Crippen molar-refractivity contribution in [1.82, 2.24) is 0 Å². The highest BCUT2D eigenvalue weighted by molar-refractivity contribution is 9.10. The van der Waals surface area contributed by atoms with Gasteiger partial charge in [0, 0.05) is 21.2 Å². The third-order valence-corrected chi connectivity index (χ3v) is 3.82. The second-order valence-electron chi connectivity index (χ2n) is 3.68. The van der Waals surface area contributed by atoms with Gasteiger partial charge in [0.2, 0.25) is 0 Å². The van der Waals surface area contributed by atoms with E-state index in [0.717, 1.165) is 0 Å². The van der Waals surface area contributed by atoms with Crippen LogP contribution in [-0.2, 0) is 0 Å². The SMILES string of the molecule is OC(c1cccc(Br)c1F)c1c(Cl)cccc1Cl. The minimum absolute atomic E-state index is 0.124. The Morgan fingerprint density at radius 3 is 2.22 bits per heavy atom. The van der Waals surface area contributed by atoms with E-state index in [-0.39, 0.29) is 10.0 Å². The predicted octanol–water partition coefficient (Wildman–Crippen LogP) is 4.98. The maximum atomic E-state index is 13.9. The lowest BCUT2D eigenvalue weighted by Crippen LogP contribution is -2.04. The molecule has 2 aromatic rings. The Morgan fingerprint density at radius 1 is 1.06 bits per heavy atom. The van der Waals surface area contributed by atoms with Gasteiger partial charge in [-0.05, 0) is 34.1 Å². The van der Waals surface area contributed by atoms with Gasteiger partial charge in [-0.3, -0.25) is 0 Å². The Hall–Kier alpha value is -0.610. The number of aliphatic hydroxyl groups is 1. The third-order valence-electron chi connectivity index (χ3n) is 2.55. The fourth-order valence-corrected chi connectivity index (χ4v) is 2.64. The molecule has 0 saturated heterocycles. The maximum Gasteiger partial charge on any atom is 0.143 e. The zero-order valence-electron chi connectivity index (χ0n) is 9.00. The normalized spacial score (nSPS) is 12.5. The van der Waals surface area contributed by atoms with Crippen molar-refractivity contribution in [1.29, 1.82) is 0 Å². The molecule has 1 unspecified atom stereocenters. The van der Waals surface area contributed by atoms with Gasteiger partial charge in [0.05, 0.1) is 4.47 Å². The van der Waals surface area contributed by atoms with Gasteiger partial charge < -0.3 is 5.11 Å². The molecular weight excluding hydrogens is 342 g/mol. The van der Waals surface area contributed by atoms with E-state index >= 15 is 0 Å². The first kappa shape index (κ1) is 13.8. The van der Waals surface area contributed by atoms with Gasteiger partial charge in [0.1, 0.15) is 11.9 Å². The highest BCUT2D eigenvalue weighted by Gasteiger charge is 2.21. The molecule has 18 heavy (non-hydrogen) atoms. The van der Waals surface area contributed by atoms with Gasteiger partial charge >= 0.3 is 0 Å². The quantitative estimate of drug-likeness (QED) is 0.810. The maximum absolute atomic E-state index is 13.9. The Morgan fingerprint density at radius 2 is 1.61 bits per heavy atom. The second-order valence-corrected chi connectivity index (χ2v) is 5.35. The van der Waals surface area contributed by atoms with Crippen LogP contribution in [0.1, 0.15) is 17.2 Å². The van der Waals surface area contributed by atoms with Crippen molar-refractivity contribution in [3.05, 3.63) is 67.9 Å². The summed E-state index contributed by atoms with van der Waals surface area (Å²) in [6, 6.07) is 9.54. The highest BCUT2D eigenvalue weighted by atomic mass is 79.9. The summed E-state index contributed by atoms with van der Waals surface area (Å²) in [7, 11) is 0. The molecule has 1 nitrogen and oxygen atoms in total. The molecule has 1 atom stereocenters. The molecule has 0 aliphatic rings. The number of benzene rings is 2. The van der Waals surface area contributed by atoms with Crippen molar-refractivity contribution in [2.24, 2.45) is 0 Å². The summed E-state index contributed by atoms with van der Waals surface area (Å²) in [4.78, 5) is 0. The summed E-state index contributed by atoms with van der Waals surface area (Å²) in [5.74, 6) is -0.527. The lowest BCUT2D eigenvalue weighted by Gasteiger charge is -2.16. The van der Waals surface area contributed by atoms with E-state index in [1.807, 2.05) is 0 Å². The predicted molar refractivity (Wildman–Crippen MR) is 74.6 cm³/mol. The molecule has 0 saturated carbocycles. The number of rotatable bonds is 2. The molecular formula is C13H8BrCl2FO. The van der Waals surface area contributed by atoms with Crippen molar-refractivity contribution in [2.75, 3.05) is 0 Å². The molecule has 5 heteroatoms. The summed E-state index contributed by atoms with van der Waals surface area (Å²) < 4.78 is 14.2. The number of hydrogen-bond acceptors (Lipinski definition) is 1. The van der Waals surface area contributed by atoms with E-state index in [0.29, 0.717) is 15.6 Å². The largest absolute Gasteiger partial charge is 0.383 e. The average Bonchev–Trinajstić information content (AvgIpc) is 2.32. The van der Waals surface area contributed by atoms with Gasteiger partial charge in [-0.15, -0.1) is 0 Å². The number of halogens is 4. The van der Waals surface area contributed by atoms with Crippen LogP contribution in [0.2, 0.25) is 10.0 Å². The molecule has 0 fully saturated rings. The molecule has 2 aromatic carbocycles. The third kappa shape index (κ3) is 2.54.